The van der Waals surface area contributed by atoms with Crippen LogP contribution in [0.5, 0.6) is 5.75 Å². The smallest absolute Gasteiger partial charge is 0.261 e. The molecule has 0 spiro atoms. The number of halogens is 1. The fourth-order valence-corrected chi connectivity index (χ4v) is 4.13. The third-order valence-corrected chi connectivity index (χ3v) is 6.29. The highest BCUT2D eigenvalue weighted by molar-refractivity contribution is 9.10. The van der Waals surface area contributed by atoms with Crippen LogP contribution < -0.4 is 10.1 Å². The fraction of sp³-hybridized carbons (Fsp3) is 0.481. The number of rotatable bonds is 13. The third-order valence-electron chi connectivity index (χ3n) is 5.67. The molecule has 0 radical (unpaired) electrons. The van der Waals surface area contributed by atoms with E-state index in [1.165, 1.54) is 5.56 Å². The Bertz CT molecular complexity index is 886. The zero-order chi connectivity index (χ0) is 24.2. The fourth-order valence-electron chi connectivity index (χ4n) is 3.62. The van der Waals surface area contributed by atoms with E-state index >= 15 is 0 Å². The van der Waals surface area contributed by atoms with Gasteiger partial charge >= 0.3 is 0 Å². The van der Waals surface area contributed by atoms with Crippen molar-refractivity contribution in [2.24, 2.45) is 0 Å². The predicted molar refractivity (Wildman–Crippen MR) is 138 cm³/mol. The molecule has 0 bridgehead atoms. The van der Waals surface area contributed by atoms with Gasteiger partial charge in [-0.25, -0.2) is 0 Å². The van der Waals surface area contributed by atoms with Gasteiger partial charge < -0.3 is 15.0 Å². The van der Waals surface area contributed by atoms with Crippen molar-refractivity contribution in [3.8, 4) is 5.75 Å². The van der Waals surface area contributed by atoms with Crippen molar-refractivity contribution in [1.82, 2.24) is 10.2 Å². The Morgan fingerprint density at radius 2 is 1.82 bits per heavy atom. The molecule has 0 saturated carbocycles. The molecule has 0 aromatic heterocycles. The first-order valence-corrected chi connectivity index (χ1v) is 12.7. The number of carbonyl (C=O) groups is 2. The first-order chi connectivity index (χ1) is 15.9. The summed E-state index contributed by atoms with van der Waals surface area (Å²) in [5.41, 5.74) is 2.32. The number of hydrogen-bond donors (Lipinski definition) is 1. The van der Waals surface area contributed by atoms with Crippen LogP contribution in [0.1, 0.15) is 64.0 Å². The SMILES string of the molecule is CCCCNC(=O)[C@@H](CC)N(CCc1ccccc1)C(=O)COc1ccc(C(C)C)cc1Br. The third kappa shape index (κ3) is 8.50. The summed E-state index contributed by atoms with van der Waals surface area (Å²) in [6.45, 7) is 9.25. The number of amides is 2. The predicted octanol–water partition coefficient (Wildman–Crippen LogP) is 5.72. The molecule has 0 unspecified atom stereocenters. The van der Waals surface area contributed by atoms with Crippen LogP contribution in [0.4, 0.5) is 0 Å². The van der Waals surface area contributed by atoms with Crippen LogP contribution in [0.25, 0.3) is 0 Å². The molecule has 180 valence electrons. The second-order valence-electron chi connectivity index (χ2n) is 8.52. The Morgan fingerprint density at radius 3 is 2.42 bits per heavy atom. The lowest BCUT2D eigenvalue weighted by atomic mass is 10.0. The van der Waals surface area contributed by atoms with Gasteiger partial charge in [0.1, 0.15) is 11.8 Å². The molecule has 0 saturated heterocycles. The van der Waals surface area contributed by atoms with E-state index in [0.29, 0.717) is 37.6 Å². The number of carbonyl (C=O) groups excluding carboxylic acids is 2. The summed E-state index contributed by atoms with van der Waals surface area (Å²) in [7, 11) is 0. The summed E-state index contributed by atoms with van der Waals surface area (Å²) >= 11 is 3.55. The van der Waals surface area contributed by atoms with Gasteiger partial charge in [-0.2, -0.15) is 0 Å². The monoisotopic (exact) mass is 516 g/mol. The van der Waals surface area contributed by atoms with Crippen molar-refractivity contribution >= 4 is 27.7 Å². The molecule has 0 fully saturated rings. The highest BCUT2D eigenvalue weighted by Gasteiger charge is 2.28. The van der Waals surface area contributed by atoms with Crippen molar-refractivity contribution in [1.29, 1.82) is 0 Å². The number of nitrogens with zero attached hydrogens (tertiary/aromatic N) is 1. The lowest BCUT2D eigenvalue weighted by Crippen LogP contribution is -2.51. The zero-order valence-electron chi connectivity index (χ0n) is 20.3. The summed E-state index contributed by atoms with van der Waals surface area (Å²) in [6, 6.07) is 15.4. The van der Waals surface area contributed by atoms with Gasteiger partial charge in [-0.15, -0.1) is 0 Å². The molecule has 33 heavy (non-hydrogen) atoms. The lowest BCUT2D eigenvalue weighted by molar-refractivity contribution is -0.142. The molecule has 6 heteroatoms. The normalized spacial score (nSPS) is 11.8. The average Bonchev–Trinajstić information content (AvgIpc) is 2.81. The minimum atomic E-state index is -0.520. The van der Waals surface area contributed by atoms with E-state index in [1.807, 2.05) is 55.5 Å². The largest absolute Gasteiger partial charge is 0.483 e. The molecule has 5 nitrogen and oxygen atoms in total. The maximum atomic E-state index is 13.3. The maximum Gasteiger partial charge on any atom is 0.261 e. The summed E-state index contributed by atoms with van der Waals surface area (Å²) in [4.78, 5) is 27.8. The molecule has 0 heterocycles. The Hall–Kier alpha value is -2.34. The van der Waals surface area contributed by atoms with Crippen LogP contribution in [0.3, 0.4) is 0 Å². The number of unbranched alkanes of at least 4 members (excludes halogenated alkanes) is 1. The second kappa shape index (κ2) is 14.0. The minimum Gasteiger partial charge on any atom is -0.483 e. The van der Waals surface area contributed by atoms with E-state index in [4.69, 9.17) is 4.74 Å². The number of benzene rings is 2. The number of nitrogens with one attached hydrogen (secondary N) is 1. The number of hydrogen-bond acceptors (Lipinski definition) is 3. The van der Waals surface area contributed by atoms with E-state index in [1.54, 1.807) is 4.90 Å². The van der Waals surface area contributed by atoms with Crippen LogP contribution in [0.15, 0.2) is 53.0 Å². The summed E-state index contributed by atoms with van der Waals surface area (Å²) in [6.07, 6.45) is 3.15. The molecule has 1 N–H and O–H groups in total. The molecule has 0 aliphatic carbocycles. The van der Waals surface area contributed by atoms with Crippen LogP contribution in [0, 0.1) is 0 Å². The minimum absolute atomic E-state index is 0.102. The Kier molecular flexibility index (Phi) is 11.4. The molecule has 2 aromatic rings. The van der Waals surface area contributed by atoms with Crippen molar-refractivity contribution in [2.45, 2.75) is 65.3 Å². The van der Waals surface area contributed by atoms with E-state index in [0.717, 1.165) is 22.9 Å². The quantitative estimate of drug-likeness (QED) is 0.346. The van der Waals surface area contributed by atoms with Gasteiger partial charge in [0.05, 0.1) is 4.47 Å². The Morgan fingerprint density at radius 1 is 1.09 bits per heavy atom. The van der Waals surface area contributed by atoms with E-state index in [-0.39, 0.29) is 18.4 Å². The first-order valence-electron chi connectivity index (χ1n) is 11.9. The topological polar surface area (TPSA) is 58.6 Å². The highest BCUT2D eigenvalue weighted by atomic mass is 79.9. The molecule has 0 aliphatic heterocycles. The van der Waals surface area contributed by atoms with Crippen LogP contribution in [0.2, 0.25) is 0 Å². The second-order valence-corrected chi connectivity index (χ2v) is 9.38. The lowest BCUT2D eigenvalue weighted by Gasteiger charge is -2.30. The molecule has 0 aliphatic rings. The van der Waals surface area contributed by atoms with Gasteiger partial charge in [-0.3, -0.25) is 9.59 Å². The summed E-state index contributed by atoms with van der Waals surface area (Å²) in [5.74, 6) is 0.733. The van der Waals surface area contributed by atoms with Gasteiger partial charge in [0.2, 0.25) is 5.91 Å². The van der Waals surface area contributed by atoms with E-state index < -0.39 is 6.04 Å². The van der Waals surface area contributed by atoms with Crippen LogP contribution in [-0.4, -0.2) is 42.5 Å². The Labute approximate surface area is 207 Å². The van der Waals surface area contributed by atoms with Gasteiger partial charge in [0.15, 0.2) is 6.61 Å². The molecule has 2 amide bonds. The first kappa shape index (κ1) is 26.9. The van der Waals surface area contributed by atoms with Gasteiger partial charge in [0, 0.05) is 13.1 Å². The van der Waals surface area contributed by atoms with Gasteiger partial charge in [-0.1, -0.05) is 70.5 Å². The van der Waals surface area contributed by atoms with Crippen molar-refractivity contribution < 1.29 is 14.3 Å². The van der Waals surface area contributed by atoms with Crippen molar-refractivity contribution in [2.75, 3.05) is 19.7 Å². The average molecular weight is 518 g/mol. The van der Waals surface area contributed by atoms with Crippen molar-refractivity contribution in [3.05, 3.63) is 64.1 Å². The van der Waals surface area contributed by atoms with Gasteiger partial charge in [-0.05, 0) is 64.4 Å². The summed E-state index contributed by atoms with van der Waals surface area (Å²) < 4.78 is 6.69. The standard InChI is InChI=1S/C27H37BrN2O3/c1-5-7-16-29-27(32)24(6-2)30(17-15-21-11-9-8-10-12-21)26(31)19-33-25-14-13-22(20(3)4)18-23(25)28/h8-14,18,20,24H,5-7,15-17,19H2,1-4H3,(H,29,32)/t24-/m1/s1. The highest BCUT2D eigenvalue weighted by Crippen LogP contribution is 2.29. The zero-order valence-corrected chi connectivity index (χ0v) is 21.9. The summed E-state index contributed by atoms with van der Waals surface area (Å²) in [5, 5.41) is 2.99. The van der Waals surface area contributed by atoms with E-state index in [9.17, 15) is 9.59 Å². The number of ether oxygens (including phenoxy) is 1. The Balaban J connectivity index is 2.13. The molecular formula is C27H37BrN2O3. The molecule has 1 atom stereocenters. The molecular weight excluding hydrogens is 480 g/mol. The van der Waals surface area contributed by atoms with Crippen LogP contribution >= 0.6 is 15.9 Å². The van der Waals surface area contributed by atoms with E-state index in [2.05, 4.69) is 42.0 Å². The van der Waals surface area contributed by atoms with Crippen LogP contribution in [-0.2, 0) is 16.0 Å². The molecule has 2 aromatic carbocycles. The molecule has 2 rings (SSSR count). The van der Waals surface area contributed by atoms with Gasteiger partial charge in [0.25, 0.3) is 5.91 Å². The maximum absolute atomic E-state index is 13.3. The van der Waals surface area contributed by atoms with Crippen molar-refractivity contribution in [3.63, 3.8) is 0 Å².